The Bertz CT molecular complexity index is 349. The second-order valence-electron chi connectivity index (χ2n) is 5.46. The van der Waals surface area contributed by atoms with Gasteiger partial charge >= 0.3 is 118 Å². The van der Waals surface area contributed by atoms with E-state index in [1.807, 2.05) is 0 Å². The monoisotopic (exact) mass is 360 g/mol. The second kappa shape index (κ2) is 5.49. The molecule has 1 aliphatic heterocycles. The van der Waals surface area contributed by atoms with Crippen molar-refractivity contribution >= 4 is 29.9 Å². The Labute approximate surface area is 117 Å². The molecule has 2 aliphatic rings. The molecule has 1 aromatic rings. The molecule has 17 heavy (non-hydrogen) atoms. The summed E-state index contributed by atoms with van der Waals surface area (Å²) in [5.41, 5.74) is 4.15. The van der Waals surface area contributed by atoms with E-state index >= 15 is 0 Å². The summed E-state index contributed by atoms with van der Waals surface area (Å²) in [6.07, 6.45) is 6.12. The summed E-state index contributed by atoms with van der Waals surface area (Å²) >= 11 is 1.70. The third kappa shape index (κ3) is 2.82. The van der Waals surface area contributed by atoms with Gasteiger partial charge < -0.3 is 0 Å². The molecule has 0 saturated heterocycles. The van der Waals surface area contributed by atoms with Crippen LogP contribution in [0.25, 0.3) is 0 Å². The minimum absolute atomic E-state index is 0.808. The van der Waals surface area contributed by atoms with E-state index < -0.39 is 0 Å². The van der Waals surface area contributed by atoms with Crippen LogP contribution in [0.15, 0.2) is 24.3 Å². The number of benzene rings is 1. The Hall–Kier alpha value is 0.259. The minimum atomic E-state index is 0.808. The van der Waals surface area contributed by atoms with Gasteiger partial charge in [-0.1, -0.05) is 0 Å². The molecule has 3 rings (SSSR count). The van der Waals surface area contributed by atoms with Crippen LogP contribution in [0, 0.1) is 5.41 Å². The van der Waals surface area contributed by atoms with E-state index in [9.17, 15) is 0 Å². The van der Waals surface area contributed by atoms with Crippen molar-refractivity contribution in [2.75, 3.05) is 0 Å². The molecular weight excluding hydrogens is 338 g/mol. The predicted octanol–water partition coefficient (Wildman–Crippen LogP) is 3.51. The van der Waals surface area contributed by atoms with E-state index in [1.165, 1.54) is 23.5 Å². The summed E-state index contributed by atoms with van der Waals surface area (Å²) in [6, 6.07) is 9.20. The summed E-state index contributed by atoms with van der Waals surface area (Å²) < 4.78 is 0. The first-order chi connectivity index (χ1) is 8.38. The summed E-state index contributed by atoms with van der Waals surface area (Å²) in [5.74, 6) is 0. The molecule has 1 spiro atoms. The fraction of sp³-hybridized carbons (Fsp3) is 0.600. The molecule has 2 heteroatoms. The first kappa shape index (κ1) is 12.3. The van der Waals surface area contributed by atoms with Crippen molar-refractivity contribution in [3.8, 4) is 0 Å². The van der Waals surface area contributed by atoms with Gasteiger partial charge in [-0.25, -0.2) is 0 Å². The van der Waals surface area contributed by atoms with Crippen molar-refractivity contribution in [1.29, 1.82) is 0 Å². The zero-order valence-corrected chi connectivity index (χ0v) is 13.7. The van der Waals surface area contributed by atoms with Crippen molar-refractivity contribution in [2.24, 2.45) is 5.41 Å². The van der Waals surface area contributed by atoms with Crippen LogP contribution in [-0.4, -0.2) is 29.9 Å². The summed E-state index contributed by atoms with van der Waals surface area (Å²) in [7, 11) is 0. The molecule has 1 heterocycles. The van der Waals surface area contributed by atoms with Crippen LogP contribution in [-0.2, 0) is 10.6 Å². The van der Waals surface area contributed by atoms with Crippen LogP contribution in [0.3, 0.4) is 0 Å². The Morgan fingerprint density at radius 1 is 0.824 bits per heavy atom. The molecule has 0 N–H and O–H groups in total. The maximum atomic E-state index is 2.37. The van der Waals surface area contributed by atoms with E-state index in [1.54, 1.807) is 34.6 Å². The molecule has 0 aromatic heterocycles. The standard InChI is InChI=1S/C15H20Se2/c1-2-6-14-10-17-12-15(7-3-4-8-15)11-16-9-13(14)5-1/h1-2,5-6H,3-4,7-12H2. The van der Waals surface area contributed by atoms with E-state index in [2.05, 4.69) is 24.3 Å². The molecule has 92 valence electrons. The van der Waals surface area contributed by atoms with Gasteiger partial charge in [-0.3, -0.25) is 0 Å². The second-order valence-corrected chi connectivity index (χ2v) is 9.60. The normalized spacial score (nSPS) is 23.8. The number of hydrogen-bond donors (Lipinski definition) is 0. The van der Waals surface area contributed by atoms with Gasteiger partial charge in [0, 0.05) is 0 Å². The molecule has 1 aromatic carbocycles. The van der Waals surface area contributed by atoms with Crippen LogP contribution >= 0.6 is 0 Å². The SMILES string of the molecule is c1ccc2c(c1)C[Se]CC1(CCCC1)C[Se]C2. The third-order valence-corrected chi connectivity index (χ3v) is 9.70. The van der Waals surface area contributed by atoms with Gasteiger partial charge in [0.2, 0.25) is 0 Å². The molecule has 1 fully saturated rings. The van der Waals surface area contributed by atoms with Crippen LogP contribution in [0.1, 0.15) is 36.8 Å². The molecule has 0 unspecified atom stereocenters. The Balaban J connectivity index is 1.76. The van der Waals surface area contributed by atoms with E-state index in [0.29, 0.717) is 0 Å². The van der Waals surface area contributed by atoms with Crippen LogP contribution < -0.4 is 0 Å². The molecule has 1 saturated carbocycles. The summed E-state index contributed by atoms with van der Waals surface area (Å²) in [6.45, 7) is 0. The molecule has 0 amide bonds. The topological polar surface area (TPSA) is 0 Å². The van der Waals surface area contributed by atoms with Gasteiger partial charge in [0.1, 0.15) is 0 Å². The van der Waals surface area contributed by atoms with Crippen LogP contribution in [0.4, 0.5) is 0 Å². The molecule has 0 bridgehead atoms. The van der Waals surface area contributed by atoms with Gasteiger partial charge in [-0.2, -0.15) is 0 Å². The van der Waals surface area contributed by atoms with Crippen molar-refractivity contribution in [3.63, 3.8) is 0 Å². The number of rotatable bonds is 0. The predicted molar refractivity (Wildman–Crippen MR) is 75.9 cm³/mol. The quantitative estimate of drug-likeness (QED) is 0.623. The van der Waals surface area contributed by atoms with Gasteiger partial charge in [0.05, 0.1) is 0 Å². The van der Waals surface area contributed by atoms with Crippen LogP contribution in [0.5, 0.6) is 0 Å². The third-order valence-electron chi connectivity index (χ3n) is 4.11. The van der Waals surface area contributed by atoms with Crippen molar-refractivity contribution in [1.82, 2.24) is 0 Å². The zero-order chi connectivity index (χ0) is 11.6. The van der Waals surface area contributed by atoms with Crippen molar-refractivity contribution in [3.05, 3.63) is 35.4 Å². The van der Waals surface area contributed by atoms with Crippen LogP contribution in [0.2, 0.25) is 10.6 Å². The van der Waals surface area contributed by atoms with Gasteiger partial charge in [0.25, 0.3) is 0 Å². The molecular formula is C15H20Se2. The molecule has 0 atom stereocenters. The van der Waals surface area contributed by atoms with E-state index in [-0.39, 0.29) is 0 Å². The molecule has 0 nitrogen and oxygen atoms in total. The fourth-order valence-electron chi connectivity index (χ4n) is 3.05. The van der Waals surface area contributed by atoms with Crippen molar-refractivity contribution in [2.45, 2.75) is 47.0 Å². The number of hydrogen-bond acceptors (Lipinski definition) is 0. The molecule has 0 radical (unpaired) electrons. The van der Waals surface area contributed by atoms with Gasteiger partial charge in [-0.05, 0) is 0 Å². The van der Waals surface area contributed by atoms with E-state index in [4.69, 9.17) is 0 Å². The number of fused-ring (bicyclic) bond motifs is 1. The Morgan fingerprint density at radius 3 is 1.88 bits per heavy atom. The first-order valence-electron chi connectivity index (χ1n) is 6.60. The fourth-order valence-corrected chi connectivity index (χ4v) is 9.69. The zero-order valence-electron chi connectivity index (χ0n) is 10.3. The first-order valence-corrected chi connectivity index (χ1v) is 11.4. The maximum absolute atomic E-state index is 2.37. The average molecular weight is 358 g/mol. The van der Waals surface area contributed by atoms with Gasteiger partial charge in [-0.15, -0.1) is 0 Å². The Kier molecular flexibility index (Phi) is 3.97. The van der Waals surface area contributed by atoms with Crippen molar-refractivity contribution < 1.29 is 0 Å². The van der Waals surface area contributed by atoms with E-state index in [0.717, 1.165) is 35.3 Å². The molecule has 1 aliphatic carbocycles. The Morgan fingerprint density at radius 2 is 1.35 bits per heavy atom. The summed E-state index contributed by atoms with van der Waals surface area (Å²) in [4.78, 5) is 0. The summed E-state index contributed by atoms with van der Waals surface area (Å²) in [5, 5.41) is 5.91. The average Bonchev–Trinajstić information content (AvgIpc) is 2.82. The van der Waals surface area contributed by atoms with Gasteiger partial charge in [0.15, 0.2) is 0 Å².